The molecule has 1 aliphatic heterocycles. The highest BCUT2D eigenvalue weighted by molar-refractivity contribution is 9.10. The summed E-state index contributed by atoms with van der Waals surface area (Å²) in [6.07, 6.45) is -2.18. The summed E-state index contributed by atoms with van der Waals surface area (Å²) in [5, 5.41) is 2.62. The average molecular weight is 445 g/mol. The number of carbonyl (C=O) groups excluding carboxylic acids is 3. The Hall–Kier alpha value is -2.16. The highest BCUT2D eigenvalue weighted by Gasteiger charge is 2.41. The molecule has 0 spiro atoms. The van der Waals surface area contributed by atoms with E-state index in [1.807, 2.05) is 0 Å². The Kier molecular flexibility index (Phi) is 6.46. The Morgan fingerprint density at radius 1 is 1.26 bits per heavy atom. The van der Waals surface area contributed by atoms with Crippen LogP contribution in [-0.4, -0.2) is 54.3 Å². The zero-order valence-electron chi connectivity index (χ0n) is 15.5. The Morgan fingerprint density at radius 3 is 2.52 bits per heavy atom. The van der Waals surface area contributed by atoms with Gasteiger partial charge in [-0.2, -0.15) is 0 Å². The molecule has 0 saturated carbocycles. The highest BCUT2D eigenvalue weighted by Crippen LogP contribution is 2.26. The van der Waals surface area contributed by atoms with Crippen LogP contribution in [0.3, 0.4) is 0 Å². The molecule has 1 saturated heterocycles. The van der Waals surface area contributed by atoms with Crippen LogP contribution in [0.25, 0.3) is 0 Å². The van der Waals surface area contributed by atoms with Gasteiger partial charge in [0, 0.05) is 16.6 Å². The topological polar surface area (TPSA) is 84.9 Å². The summed E-state index contributed by atoms with van der Waals surface area (Å²) >= 11 is 3.26. The van der Waals surface area contributed by atoms with Crippen molar-refractivity contribution in [2.75, 3.05) is 19.0 Å². The molecule has 0 unspecified atom stereocenters. The van der Waals surface area contributed by atoms with Crippen LogP contribution in [0.2, 0.25) is 0 Å². The predicted octanol–water partition coefficient (Wildman–Crippen LogP) is 3.52. The van der Waals surface area contributed by atoms with E-state index in [0.29, 0.717) is 10.2 Å². The van der Waals surface area contributed by atoms with Crippen LogP contribution >= 0.6 is 15.9 Å². The zero-order valence-corrected chi connectivity index (χ0v) is 17.1. The lowest BCUT2D eigenvalue weighted by Gasteiger charge is -2.27. The van der Waals surface area contributed by atoms with Gasteiger partial charge >= 0.3 is 12.1 Å². The maximum Gasteiger partial charge on any atom is 0.411 e. The van der Waals surface area contributed by atoms with Gasteiger partial charge < -0.3 is 14.8 Å². The number of methoxy groups -OCH3 is 1. The molecule has 7 nitrogen and oxygen atoms in total. The molecule has 2 atom stereocenters. The lowest BCUT2D eigenvalue weighted by atomic mass is 10.1. The number of halogens is 2. The minimum atomic E-state index is -1.32. The molecule has 1 aromatic carbocycles. The van der Waals surface area contributed by atoms with Crippen molar-refractivity contribution < 1.29 is 28.2 Å². The molecule has 1 fully saturated rings. The summed E-state index contributed by atoms with van der Waals surface area (Å²) in [5.74, 6) is -1.12. The molecule has 27 heavy (non-hydrogen) atoms. The molecule has 0 bridgehead atoms. The average Bonchev–Trinajstić information content (AvgIpc) is 2.94. The molecule has 9 heteroatoms. The third-order valence-electron chi connectivity index (χ3n) is 3.77. The van der Waals surface area contributed by atoms with Crippen LogP contribution in [0.4, 0.5) is 14.9 Å². The molecule has 148 valence electrons. The van der Waals surface area contributed by atoms with E-state index in [2.05, 4.69) is 26.0 Å². The lowest BCUT2D eigenvalue weighted by Crippen LogP contribution is -2.45. The van der Waals surface area contributed by atoms with Gasteiger partial charge in [0.1, 0.15) is 17.8 Å². The number of alkyl halides is 1. The minimum Gasteiger partial charge on any atom is -0.465 e. The van der Waals surface area contributed by atoms with Gasteiger partial charge in [-0.3, -0.25) is 9.69 Å². The van der Waals surface area contributed by atoms with E-state index in [9.17, 15) is 18.8 Å². The van der Waals surface area contributed by atoms with Crippen molar-refractivity contribution in [2.24, 2.45) is 0 Å². The maximum atomic E-state index is 13.9. The normalized spacial score (nSPS) is 19.6. The third kappa shape index (κ3) is 5.66. The van der Waals surface area contributed by atoms with E-state index >= 15 is 0 Å². The largest absolute Gasteiger partial charge is 0.465 e. The van der Waals surface area contributed by atoms with Crippen LogP contribution in [0.15, 0.2) is 22.7 Å². The van der Waals surface area contributed by atoms with Gasteiger partial charge in [-0.15, -0.1) is 0 Å². The number of hydrogen-bond donors (Lipinski definition) is 1. The summed E-state index contributed by atoms with van der Waals surface area (Å²) in [7, 11) is 1.25. The highest BCUT2D eigenvalue weighted by atomic mass is 79.9. The van der Waals surface area contributed by atoms with Gasteiger partial charge in [-0.25, -0.2) is 14.0 Å². The molecule has 1 aromatic rings. The quantitative estimate of drug-likeness (QED) is 0.720. The van der Waals surface area contributed by atoms with E-state index in [4.69, 9.17) is 4.74 Å². The second-order valence-corrected chi connectivity index (χ2v) is 8.11. The van der Waals surface area contributed by atoms with Gasteiger partial charge in [-0.05, 0) is 39.0 Å². The van der Waals surface area contributed by atoms with E-state index in [1.165, 1.54) is 13.2 Å². The van der Waals surface area contributed by atoms with Crippen LogP contribution < -0.4 is 5.32 Å². The van der Waals surface area contributed by atoms with Gasteiger partial charge in [0.2, 0.25) is 5.91 Å². The van der Waals surface area contributed by atoms with E-state index in [1.54, 1.807) is 32.9 Å². The predicted molar refractivity (Wildman–Crippen MR) is 100 cm³/mol. The van der Waals surface area contributed by atoms with Crippen molar-refractivity contribution in [3.05, 3.63) is 28.2 Å². The number of anilines is 1. The Bertz CT molecular complexity index is 750. The van der Waals surface area contributed by atoms with Crippen molar-refractivity contribution in [3.63, 3.8) is 0 Å². The van der Waals surface area contributed by atoms with Gasteiger partial charge in [0.05, 0.1) is 19.2 Å². The van der Waals surface area contributed by atoms with Crippen LogP contribution in [0, 0.1) is 0 Å². The zero-order chi connectivity index (χ0) is 20.4. The summed E-state index contributed by atoms with van der Waals surface area (Å²) in [6.45, 7) is 4.87. The summed E-state index contributed by atoms with van der Waals surface area (Å²) < 4.78 is 24.4. The monoisotopic (exact) mass is 444 g/mol. The van der Waals surface area contributed by atoms with Crippen molar-refractivity contribution in [1.29, 1.82) is 0 Å². The number of nitrogens with zero attached hydrogens (tertiary/aromatic N) is 1. The molecule has 1 heterocycles. The maximum absolute atomic E-state index is 13.9. The lowest BCUT2D eigenvalue weighted by molar-refractivity contribution is -0.120. The van der Waals surface area contributed by atoms with E-state index < -0.39 is 35.8 Å². The number of amides is 2. The van der Waals surface area contributed by atoms with E-state index in [0.717, 1.165) is 4.90 Å². The molecule has 0 radical (unpaired) electrons. The van der Waals surface area contributed by atoms with Gasteiger partial charge in [0.25, 0.3) is 0 Å². The third-order valence-corrected chi connectivity index (χ3v) is 4.22. The second-order valence-electron chi connectivity index (χ2n) is 7.19. The molecule has 1 N–H and O–H groups in total. The van der Waals surface area contributed by atoms with Crippen LogP contribution in [0.1, 0.15) is 37.6 Å². The SMILES string of the molecule is COC(=O)c1cc(Br)cc(NC(=O)[C@@H]2C[C@@H](F)CN2C(=O)OC(C)(C)C)c1. The fourth-order valence-corrected chi connectivity index (χ4v) is 3.17. The van der Waals surface area contributed by atoms with Crippen LogP contribution in [-0.2, 0) is 14.3 Å². The molecular weight excluding hydrogens is 423 g/mol. The molecule has 2 rings (SSSR count). The van der Waals surface area contributed by atoms with Gasteiger partial charge in [-0.1, -0.05) is 15.9 Å². The first-order valence-electron chi connectivity index (χ1n) is 8.33. The summed E-state index contributed by atoms with van der Waals surface area (Å²) in [6, 6.07) is 3.57. The number of carbonyl (C=O) groups is 3. The first-order chi connectivity index (χ1) is 12.5. The standard InChI is InChI=1S/C18H22BrFN2O5/c1-18(2,3)27-17(25)22-9-12(20)8-14(22)15(23)21-13-6-10(16(24)26-4)5-11(19)7-13/h5-7,12,14H,8-9H2,1-4H3,(H,21,23)/t12-,14+/m1/s1. The first kappa shape index (κ1) is 21.1. The van der Waals surface area contributed by atoms with Crippen molar-refractivity contribution in [2.45, 2.75) is 45.0 Å². The smallest absolute Gasteiger partial charge is 0.411 e. The second kappa shape index (κ2) is 8.24. The number of rotatable bonds is 3. The Labute approximate surface area is 165 Å². The number of esters is 1. The van der Waals surface area contributed by atoms with Crippen LogP contribution in [0.5, 0.6) is 0 Å². The van der Waals surface area contributed by atoms with Crippen molar-refractivity contribution in [1.82, 2.24) is 4.90 Å². The van der Waals surface area contributed by atoms with Crippen molar-refractivity contribution >= 4 is 39.6 Å². The van der Waals surface area contributed by atoms with Crippen molar-refractivity contribution in [3.8, 4) is 0 Å². The van der Waals surface area contributed by atoms with Gasteiger partial charge in [0.15, 0.2) is 0 Å². The number of ether oxygens (including phenoxy) is 2. The number of nitrogens with one attached hydrogen (secondary N) is 1. The fraction of sp³-hybridized carbons (Fsp3) is 0.500. The Balaban J connectivity index is 2.17. The molecule has 0 aromatic heterocycles. The number of hydrogen-bond acceptors (Lipinski definition) is 5. The number of likely N-dealkylation sites (tertiary alicyclic amines) is 1. The molecule has 2 amide bonds. The van der Waals surface area contributed by atoms with E-state index in [-0.39, 0.29) is 18.5 Å². The first-order valence-corrected chi connectivity index (χ1v) is 9.13. The minimum absolute atomic E-state index is 0.122. The molecule has 1 aliphatic rings. The molecule has 0 aliphatic carbocycles. The summed E-state index contributed by atoms with van der Waals surface area (Å²) in [4.78, 5) is 37.7. The summed E-state index contributed by atoms with van der Waals surface area (Å²) in [5.41, 5.74) is -0.200. The fourth-order valence-electron chi connectivity index (χ4n) is 2.68. The Morgan fingerprint density at radius 2 is 1.93 bits per heavy atom. The number of benzene rings is 1. The molecular formula is C18H22BrFN2O5.